The van der Waals surface area contributed by atoms with E-state index in [2.05, 4.69) is 29.6 Å². The normalized spacial score (nSPS) is 20.8. The lowest BCUT2D eigenvalue weighted by molar-refractivity contribution is -0.151. The standard InChI is InChI=1S/C26H28N2O5/c29-23(30)22-12-7-15-28(22)24(31)26(13-5-6-14-26)27-25(32)33-16-21-19-10-3-1-8-17(19)18-9-2-4-11-20(18)21/h1-4,8-11,21-22H,5-7,12-16H2,(H,27,32)(H,29,30)/t22-/m0/s1. The number of fused-ring (bicyclic) bond motifs is 3. The maximum absolute atomic E-state index is 13.4. The summed E-state index contributed by atoms with van der Waals surface area (Å²) in [5.41, 5.74) is 3.47. The summed E-state index contributed by atoms with van der Waals surface area (Å²) >= 11 is 0. The number of aliphatic carboxylic acids is 1. The van der Waals surface area contributed by atoms with Crippen LogP contribution in [0.5, 0.6) is 0 Å². The van der Waals surface area contributed by atoms with Crippen LogP contribution in [0.3, 0.4) is 0 Å². The molecule has 1 aliphatic heterocycles. The van der Waals surface area contributed by atoms with Crippen molar-refractivity contribution in [3.05, 3.63) is 59.7 Å². The fourth-order valence-corrected chi connectivity index (χ4v) is 5.74. The molecule has 172 valence electrons. The first-order valence-corrected chi connectivity index (χ1v) is 11.7. The highest BCUT2D eigenvalue weighted by atomic mass is 16.5. The van der Waals surface area contributed by atoms with Gasteiger partial charge in [0.2, 0.25) is 5.91 Å². The lowest BCUT2D eigenvalue weighted by atomic mass is 9.95. The molecule has 3 aliphatic rings. The zero-order chi connectivity index (χ0) is 23.0. The summed E-state index contributed by atoms with van der Waals surface area (Å²) in [7, 11) is 0. The van der Waals surface area contributed by atoms with E-state index in [0.29, 0.717) is 32.2 Å². The van der Waals surface area contributed by atoms with Crippen LogP contribution in [0, 0.1) is 0 Å². The van der Waals surface area contributed by atoms with E-state index in [1.807, 2.05) is 24.3 Å². The van der Waals surface area contributed by atoms with E-state index in [0.717, 1.165) is 35.1 Å². The largest absolute Gasteiger partial charge is 0.480 e. The number of amides is 2. The smallest absolute Gasteiger partial charge is 0.408 e. The zero-order valence-electron chi connectivity index (χ0n) is 18.5. The van der Waals surface area contributed by atoms with Crippen LogP contribution in [-0.4, -0.2) is 52.7 Å². The van der Waals surface area contributed by atoms with Gasteiger partial charge < -0.3 is 20.1 Å². The molecule has 5 rings (SSSR count). The monoisotopic (exact) mass is 448 g/mol. The highest BCUT2D eigenvalue weighted by Gasteiger charge is 2.49. The SMILES string of the molecule is O=C(NC1(C(=O)N2CCC[C@H]2C(=O)O)CCCC1)OCC1c2ccccc2-c2ccccc21. The van der Waals surface area contributed by atoms with Crippen molar-refractivity contribution in [2.24, 2.45) is 0 Å². The third-order valence-corrected chi connectivity index (χ3v) is 7.35. The van der Waals surface area contributed by atoms with Gasteiger partial charge in [0.1, 0.15) is 18.2 Å². The second-order valence-corrected chi connectivity index (χ2v) is 9.23. The molecule has 0 bridgehead atoms. The van der Waals surface area contributed by atoms with Gasteiger partial charge in [0.25, 0.3) is 0 Å². The first-order chi connectivity index (χ1) is 16.0. The maximum Gasteiger partial charge on any atom is 0.408 e. The summed E-state index contributed by atoms with van der Waals surface area (Å²) in [4.78, 5) is 39.3. The Morgan fingerprint density at radius 3 is 2.18 bits per heavy atom. The van der Waals surface area contributed by atoms with Crippen LogP contribution in [0.4, 0.5) is 4.79 Å². The molecule has 33 heavy (non-hydrogen) atoms. The average Bonchev–Trinajstić information content (AvgIpc) is 3.55. The number of nitrogens with one attached hydrogen (secondary N) is 1. The minimum atomic E-state index is -1.08. The van der Waals surface area contributed by atoms with Crippen molar-refractivity contribution in [1.82, 2.24) is 10.2 Å². The average molecular weight is 449 g/mol. The second kappa shape index (κ2) is 8.54. The van der Waals surface area contributed by atoms with Crippen LogP contribution in [0.25, 0.3) is 11.1 Å². The molecule has 0 aromatic heterocycles. The topological polar surface area (TPSA) is 95.9 Å². The van der Waals surface area contributed by atoms with Gasteiger partial charge in [-0.3, -0.25) is 4.79 Å². The van der Waals surface area contributed by atoms with E-state index >= 15 is 0 Å². The Bertz CT molecular complexity index is 1050. The Hall–Kier alpha value is -3.35. The number of carbonyl (C=O) groups is 3. The first kappa shape index (κ1) is 21.5. The Balaban J connectivity index is 1.30. The number of benzene rings is 2. The molecule has 1 saturated heterocycles. The predicted octanol–water partition coefficient (Wildman–Crippen LogP) is 3.91. The van der Waals surface area contributed by atoms with Crippen LogP contribution < -0.4 is 5.32 Å². The van der Waals surface area contributed by atoms with Crippen molar-refractivity contribution in [3.63, 3.8) is 0 Å². The first-order valence-electron chi connectivity index (χ1n) is 11.7. The van der Waals surface area contributed by atoms with Gasteiger partial charge >= 0.3 is 12.1 Å². The maximum atomic E-state index is 13.4. The fraction of sp³-hybridized carbons (Fsp3) is 0.423. The van der Waals surface area contributed by atoms with E-state index in [-0.39, 0.29) is 18.4 Å². The number of carboxylic acids is 1. The Morgan fingerprint density at radius 2 is 1.58 bits per heavy atom. The number of carboxylic acid groups (broad SMARTS) is 1. The zero-order valence-corrected chi connectivity index (χ0v) is 18.5. The molecular formula is C26H28N2O5. The van der Waals surface area contributed by atoms with Crippen LogP contribution in [0.15, 0.2) is 48.5 Å². The van der Waals surface area contributed by atoms with Crippen molar-refractivity contribution in [2.75, 3.05) is 13.2 Å². The number of nitrogens with zero attached hydrogens (tertiary/aromatic N) is 1. The van der Waals surface area contributed by atoms with E-state index in [9.17, 15) is 19.5 Å². The van der Waals surface area contributed by atoms with Crippen LogP contribution in [0.2, 0.25) is 0 Å². The van der Waals surface area contributed by atoms with Gasteiger partial charge in [-0.15, -0.1) is 0 Å². The van der Waals surface area contributed by atoms with Gasteiger partial charge in [0, 0.05) is 12.5 Å². The lowest BCUT2D eigenvalue weighted by Crippen LogP contribution is -2.60. The molecule has 1 atom stereocenters. The van der Waals surface area contributed by atoms with Crippen LogP contribution >= 0.6 is 0 Å². The molecule has 2 aliphatic carbocycles. The third kappa shape index (κ3) is 3.75. The molecule has 0 unspecified atom stereocenters. The molecule has 1 saturated carbocycles. The quantitative estimate of drug-likeness (QED) is 0.723. The van der Waals surface area contributed by atoms with Crippen LogP contribution in [-0.2, 0) is 14.3 Å². The number of likely N-dealkylation sites (tertiary alicyclic amines) is 1. The van der Waals surface area contributed by atoms with E-state index in [4.69, 9.17) is 4.74 Å². The molecule has 2 aromatic rings. The van der Waals surface area contributed by atoms with E-state index < -0.39 is 23.6 Å². The minimum absolute atomic E-state index is 0.0617. The summed E-state index contributed by atoms with van der Waals surface area (Å²) < 4.78 is 5.68. The minimum Gasteiger partial charge on any atom is -0.480 e. The number of hydrogen-bond acceptors (Lipinski definition) is 4. The van der Waals surface area contributed by atoms with Crippen molar-refractivity contribution in [1.29, 1.82) is 0 Å². The number of carbonyl (C=O) groups excluding carboxylic acids is 2. The summed E-state index contributed by atoms with van der Waals surface area (Å²) in [5, 5.41) is 12.4. The Kier molecular flexibility index (Phi) is 5.56. The fourth-order valence-electron chi connectivity index (χ4n) is 5.74. The summed E-state index contributed by atoms with van der Waals surface area (Å²) in [5.74, 6) is -1.35. The van der Waals surface area contributed by atoms with Gasteiger partial charge in [0.05, 0.1) is 0 Å². The van der Waals surface area contributed by atoms with Crippen molar-refractivity contribution < 1.29 is 24.2 Å². The summed E-state index contributed by atoms with van der Waals surface area (Å²) in [6.45, 7) is 0.579. The molecule has 7 nitrogen and oxygen atoms in total. The molecule has 2 fully saturated rings. The lowest BCUT2D eigenvalue weighted by Gasteiger charge is -2.34. The van der Waals surface area contributed by atoms with Gasteiger partial charge in [-0.1, -0.05) is 61.4 Å². The molecule has 2 N–H and O–H groups in total. The summed E-state index contributed by atoms with van der Waals surface area (Å²) in [6.07, 6.45) is 3.09. The van der Waals surface area contributed by atoms with Crippen molar-refractivity contribution >= 4 is 18.0 Å². The molecule has 2 amide bonds. The van der Waals surface area contributed by atoms with Gasteiger partial charge in [-0.05, 0) is 47.9 Å². The molecule has 1 heterocycles. The van der Waals surface area contributed by atoms with E-state index in [1.165, 1.54) is 4.90 Å². The predicted molar refractivity (Wildman–Crippen MR) is 122 cm³/mol. The van der Waals surface area contributed by atoms with Gasteiger partial charge in [0.15, 0.2) is 0 Å². The number of ether oxygens (including phenoxy) is 1. The molecule has 7 heteroatoms. The second-order valence-electron chi connectivity index (χ2n) is 9.23. The highest BCUT2D eigenvalue weighted by Crippen LogP contribution is 2.44. The van der Waals surface area contributed by atoms with Crippen molar-refractivity contribution in [2.45, 2.75) is 56.0 Å². The van der Waals surface area contributed by atoms with Crippen LogP contribution in [0.1, 0.15) is 55.6 Å². The number of alkyl carbamates (subject to hydrolysis) is 1. The van der Waals surface area contributed by atoms with Crippen molar-refractivity contribution in [3.8, 4) is 11.1 Å². The number of hydrogen-bond donors (Lipinski definition) is 2. The Labute approximate surface area is 192 Å². The van der Waals surface area contributed by atoms with Gasteiger partial charge in [-0.25, -0.2) is 9.59 Å². The number of rotatable bonds is 5. The third-order valence-electron chi connectivity index (χ3n) is 7.35. The molecule has 2 aromatic carbocycles. The molecule has 0 spiro atoms. The molecule has 0 radical (unpaired) electrons. The molecular weight excluding hydrogens is 420 g/mol. The highest BCUT2D eigenvalue weighted by molar-refractivity contribution is 5.93. The Morgan fingerprint density at radius 1 is 0.970 bits per heavy atom. The van der Waals surface area contributed by atoms with E-state index in [1.54, 1.807) is 0 Å². The van der Waals surface area contributed by atoms with Gasteiger partial charge in [-0.2, -0.15) is 0 Å². The summed E-state index contributed by atoms with van der Waals surface area (Å²) in [6, 6.07) is 15.4.